The van der Waals surface area contributed by atoms with E-state index in [0.29, 0.717) is 5.41 Å². The standard InChI is InChI=1S/C9H15NO/c1-4-5-8(11)10-6-9(2,3)7-10/h4-5H,6-7H2,1-3H3/b5-4+. The minimum Gasteiger partial charge on any atom is -0.338 e. The lowest BCUT2D eigenvalue weighted by atomic mass is 9.84. The van der Waals surface area contributed by atoms with Crippen molar-refractivity contribution in [1.29, 1.82) is 0 Å². The Labute approximate surface area is 67.9 Å². The minimum atomic E-state index is 0.145. The van der Waals surface area contributed by atoms with E-state index >= 15 is 0 Å². The zero-order valence-electron chi connectivity index (χ0n) is 7.42. The molecule has 0 saturated carbocycles. The van der Waals surface area contributed by atoms with Gasteiger partial charge in [-0.25, -0.2) is 0 Å². The maximum atomic E-state index is 11.2. The van der Waals surface area contributed by atoms with Crippen LogP contribution in [0.2, 0.25) is 0 Å². The van der Waals surface area contributed by atoms with Gasteiger partial charge in [0.2, 0.25) is 5.91 Å². The van der Waals surface area contributed by atoms with Gasteiger partial charge < -0.3 is 4.90 Å². The smallest absolute Gasteiger partial charge is 0.246 e. The number of carbonyl (C=O) groups excluding carboxylic acids is 1. The van der Waals surface area contributed by atoms with Crippen LogP contribution in [0.3, 0.4) is 0 Å². The van der Waals surface area contributed by atoms with Crippen LogP contribution < -0.4 is 0 Å². The van der Waals surface area contributed by atoms with Crippen LogP contribution in [0.1, 0.15) is 20.8 Å². The Morgan fingerprint density at radius 1 is 1.45 bits per heavy atom. The van der Waals surface area contributed by atoms with Crippen molar-refractivity contribution in [2.45, 2.75) is 20.8 Å². The van der Waals surface area contributed by atoms with E-state index in [2.05, 4.69) is 13.8 Å². The van der Waals surface area contributed by atoms with Crippen molar-refractivity contribution in [3.63, 3.8) is 0 Å². The lowest BCUT2D eigenvalue weighted by molar-refractivity contribution is -0.135. The van der Waals surface area contributed by atoms with Crippen molar-refractivity contribution in [3.8, 4) is 0 Å². The first-order valence-corrected chi connectivity index (χ1v) is 3.97. The zero-order chi connectivity index (χ0) is 8.48. The molecule has 0 aliphatic carbocycles. The molecule has 62 valence electrons. The quantitative estimate of drug-likeness (QED) is 0.522. The Hall–Kier alpha value is -0.790. The highest BCUT2D eigenvalue weighted by Crippen LogP contribution is 2.28. The second-order valence-electron chi connectivity index (χ2n) is 3.86. The van der Waals surface area contributed by atoms with E-state index in [1.54, 1.807) is 12.2 Å². The monoisotopic (exact) mass is 153 g/mol. The summed E-state index contributed by atoms with van der Waals surface area (Å²) >= 11 is 0. The third-order valence-corrected chi connectivity index (χ3v) is 1.86. The molecule has 0 aromatic rings. The van der Waals surface area contributed by atoms with E-state index in [4.69, 9.17) is 0 Å². The van der Waals surface area contributed by atoms with Gasteiger partial charge in [0.05, 0.1) is 0 Å². The Bertz CT molecular complexity index is 186. The molecule has 2 heteroatoms. The number of likely N-dealkylation sites (tertiary alicyclic amines) is 1. The van der Waals surface area contributed by atoms with E-state index in [1.165, 1.54) is 0 Å². The molecule has 0 spiro atoms. The predicted octanol–water partition coefficient (Wildman–Crippen LogP) is 1.43. The molecule has 0 bridgehead atoms. The summed E-state index contributed by atoms with van der Waals surface area (Å²) in [5.41, 5.74) is 0.344. The molecule has 11 heavy (non-hydrogen) atoms. The van der Waals surface area contributed by atoms with Crippen molar-refractivity contribution in [1.82, 2.24) is 4.90 Å². The van der Waals surface area contributed by atoms with Crippen LogP contribution in [-0.4, -0.2) is 23.9 Å². The molecule has 0 N–H and O–H groups in total. The Balaban J connectivity index is 2.38. The largest absolute Gasteiger partial charge is 0.338 e. The number of hydrogen-bond donors (Lipinski definition) is 0. The molecule has 1 rings (SSSR count). The number of allylic oxidation sites excluding steroid dienone is 1. The van der Waals surface area contributed by atoms with Gasteiger partial charge >= 0.3 is 0 Å². The number of rotatable bonds is 1. The van der Waals surface area contributed by atoms with E-state index in [-0.39, 0.29) is 5.91 Å². The molecule has 0 aromatic heterocycles. The molecule has 2 nitrogen and oxygen atoms in total. The van der Waals surface area contributed by atoms with Crippen molar-refractivity contribution in [2.75, 3.05) is 13.1 Å². The molecule has 0 aromatic carbocycles. The van der Waals surface area contributed by atoms with Crippen molar-refractivity contribution < 1.29 is 4.79 Å². The normalized spacial score (nSPS) is 21.9. The first-order chi connectivity index (χ1) is 5.05. The average molecular weight is 153 g/mol. The summed E-state index contributed by atoms with van der Waals surface area (Å²) in [6, 6.07) is 0. The van der Waals surface area contributed by atoms with Gasteiger partial charge in [-0.1, -0.05) is 19.9 Å². The van der Waals surface area contributed by atoms with E-state index in [9.17, 15) is 4.79 Å². The summed E-state index contributed by atoms with van der Waals surface area (Å²) in [7, 11) is 0. The van der Waals surface area contributed by atoms with Crippen molar-refractivity contribution >= 4 is 5.91 Å². The summed E-state index contributed by atoms with van der Waals surface area (Å²) in [5.74, 6) is 0.145. The van der Waals surface area contributed by atoms with Gasteiger partial charge in [-0.3, -0.25) is 4.79 Å². The second kappa shape index (κ2) is 2.68. The maximum Gasteiger partial charge on any atom is 0.246 e. The topological polar surface area (TPSA) is 20.3 Å². The van der Waals surface area contributed by atoms with Gasteiger partial charge in [0.25, 0.3) is 0 Å². The van der Waals surface area contributed by atoms with Crippen LogP contribution in [-0.2, 0) is 4.79 Å². The first kappa shape index (κ1) is 8.31. The molecule has 1 amide bonds. The van der Waals surface area contributed by atoms with Gasteiger partial charge in [0, 0.05) is 13.1 Å². The van der Waals surface area contributed by atoms with Crippen LogP contribution in [0.4, 0.5) is 0 Å². The highest BCUT2D eigenvalue weighted by atomic mass is 16.2. The molecule has 0 unspecified atom stereocenters. The fourth-order valence-electron chi connectivity index (χ4n) is 1.39. The number of nitrogens with zero attached hydrogens (tertiary/aromatic N) is 1. The van der Waals surface area contributed by atoms with Crippen LogP contribution in [0, 0.1) is 5.41 Å². The number of carbonyl (C=O) groups is 1. The Kier molecular flexibility index (Phi) is 2.03. The van der Waals surface area contributed by atoms with E-state index in [1.807, 2.05) is 11.8 Å². The third-order valence-electron chi connectivity index (χ3n) is 1.86. The third kappa shape index (κ3) is 1.82. The predicted molar refractivity (Wildman–Crippen MR) is 45.2 cm³/mol. The van der Waals surface area contributed by atoms with E-state index < -0.39 is 0 Å². The SMILES string of the molecule is C/C=C/C(=O)N1CC(C)(C)C1. The molecular formula is C9H15NO. The maximum absolute atomic E-state index is 11.2. The second-order valence-corrected chi connectivity index (χ2v) is 3.86. The van der Waals surface area contributed by atoms with Crippen LogP contribution >= 0.6 is 0 Å². The summed E-state index contributed by atoms with van der Waals surface area (Å²) in [6.45, 7) is 8.01. The fraction of sp³-hybridized carbons (Fsp3) is 0.667. The van der Waals surface area contributed by atoms with Gasteiger partial charge in [-0.2, -0.15) is 0 Å². The molecule has 1 fully saturated rings. The average Bonchev–Trinajstić information content (AvgIpc) is 1.83. The summed E-state index contributed by atoms with van der Waals surface area (Å²) in [5, 5.41) is 0. The highest BCUT2D eigenvalue weighted by molar-refractivity contribution is 5.88. The van der Waals surface area contributed by atoms with Crippen molar-refractivity contribution in [2.24, 2.45) is 5.41 Å². The van der Waals surface area contributed by atoms with E-state index in [0.717, 1.165) is 13.1 Å². The summed E-state index contributed by atoms with van der Waals surface area (Å²) < 4.78 is 0. The molecule has 0 radical (unpaired) electrons. The highest BCUT2D eigenvalue weighted by Gasteiger charge is 2.35. The summed E-state index contributed by atoms with van der Waals surface area (Å²) in [6.07, 6.45) is 3.41. The molecule has 1 aliphatic heterocycles. The molecule has 1 aliphatic rings. The number of amides is 1. The lowest BCUT2D eigenvalue weighted by Gasteiger charge is -2.45. The van der Waals surface area contributed by atoms with Gasteiger partial charge in [0.1, 0.15) is 0 Å². The molecule has 1 heterocycles. The first-order valence-electron chi connectivity index (χ1n) is 3.97. The number of hydrogen-bond acceptors (Lipinski definition) is 1. The van der Waals surface area contributed by atoms with Gasteiger partial charge in [-0.05, 0) is 18.4 Å². The Morgan fingerprint density at radius 2 is 2.00 bits per heavy atom. The fourth-order valence-corrected chi connectivity index (χ4v) is 1.39. The summed E-state index contributed by atoms with van der Waals surface area (Å²) in [4.78, 5) is 13.0. The molecular weight excluding hydrogens is 138 g/mol. The molecule has 1 saturated heterocycles. The zero-order valence-corrected chi connectivity index (χ0v) is 7.42. The minimum absolute atomic E-state index is 0.145. The Morgan fingerprint density at radius 3 is 2.36 bits per heavy atom. The van der Waals surface area contributed by atoms with Gasteiger partial charge in [-0.15, -0.1) is 0 Å². The van der Waals surface area contributed by atoms with Crippen LogP contribution in [0.5, 0.6) is 0 Å². The van der Waals surface area contributed by atoms with Crippen molar-refractivity contribution in [3.05, 3.63) is 12.2 Å². The lowest BCUT2D eigenvalue weighted by Crippen LogP contribution is -2.54. The van der Waals surface area contributed by atoms with Crippen LogP contribution in [0.25, 0.3) is 0 Å². The molecule has 0 atom stereocenters. The van der Waals surface area contributed by atoms with Crippen LogP contribution in [0.15, 0.2) is 12.2 Å². The van der Waals surface area contributed by atoms with Gasteiger partial charge in [0.15, 0.2) is 0 Å².